The molecular formula is C17H23NO10. The van der Waals surface area contributed by atoms with Crippen LogP contribution in [0.25, 0.3) is 0 Å². The van der Waals surface area contributed by atoms with Gasteiger partial charge in [0.15, 0.2) is 11.8 Å². The summed E-state index contributed by atoms with van der Waals surface area (Å²) in [5, 5.41) is 2.61. The van der Waals surface area contributed by atoms with Gasteiger partial charge >= 0.3 is 23.9 Å². The molecule has 11 heteroatoms. The lowest BCUT2D eigenvalue weighted by Crippen LogP contribution is -2.72. The van der Waals surface area contributed by atoms with Crippen LogP contribution in [-0.4, -0.2) is 60.6 Å². The first-order valence-electron chi connectivity index (χ1n) is 8.59. The highest BCUT2D eigenvalue weighted by Gasteiger charge is 2.75. The van der Waals surface area contributed by atoms with Gasteiger partial charge in [0, 0.05) is 34.6 Å². The zero-order chi connectivity index (χ0) is 21.2. The number of fused-ring (bicyclic) bond motifs is 1. The summed E-state index contributed by atoms with van der Waals surface area (Å²) in [7, 11) is 0. The van der Waals surface area contributed by atoms with Crippen molar-refractivity contribution in [3.8, 4) is 0 Å². The summed E-state index contributed by atoms with van der Waals surface area (Å²) < 4.78 is 26.5. The number of hydrogen-bond donors (Lipinski definition) is 1. The largest absolute Gasteiger partial charge is 0.465 e. The quantitative estimate of drug-likeness (QED) is 0.453. The fraction of sp³-hybridized carbons (Fsp3) is 0.706. The number of hydrogen-bond acceptors (Lipinski definition) is 10. The van der Waals surface area contributed by atoms with Crippen molar-refractivity contribution in [2.45, 2.75) is 58.8 Å². The Hall–Kier alpha value is -2.69. The number of ether oxygens (including phenoxy) is 5. The molecule has 1 heterocycles. The third-order valence-electron chi connectivity index (χ3n) is 4.45. The lowest BCUT2D eigenvalue weighted by molar-refractivity contribution is -0.360. The number of carbonyl (C=O) groups excluding carboxylic acids is 5. The van der Waals surface area contributed by atoms with Gasteiger partial charge < -0.3 is 29.0 Å². The Bertz CT molecular complexity index is 665. The van der Waals surface area contributed by atoms with Gasteiger partial charge in [0.2, 0.25) is 12.2 Å². The number of amides is 1. The number of rotatable bonds is 6. The maximum absolute atomic E-state index is 11.8. The summed E-state index contributed by atoms with van der Waals surface area (Å²) in [5.41, 5.74) is -1.53. The summed E-state index contributed by atoms with van der Waals surface area (Å²) in [6, 6.07) is 0. The number of carbonyl (C=O) groups is 5. The highest BCUT2D eigenvalue weighted by atomic mass is 16.7. The second-order valence-corrected chi connectivity index (χ2v) is 6.65. The molecule has 0 aromatic carbocycles. The summed E-state index contributed by atoms with van der Waals surface area (Å²) in [5.74, 6) is -4.92. The van der Waals surface area contributed by atoms with Crippen LogP contribution in [-0.2, 0) is 47.7 Å². The summed E-state index contributed by atoms with van der Waals surface area (Å²) in [6.07, 6.45) is -3.38. The van der Waals surface area contributed by atoms with Gasteiger partial charge in [-0.05, 0) is 0 Å². The molecule has 0 aromatic rings. The molecule has 1 N–H and O–H groups in total. The van der Waals surface area contributed by atoms with Gasteiger partial charge in [-0.3, -0.25) is 24.0 Å². The minimum atomic E-state index is -1.53. The first-order chi connectivity index (χ1) is 13.0. The van der Waals surface area contributed by atoms with Crippen LogP contribution in [0.2, 0.25) is 0 Å². The molecule has 2 fully saturated rings. The first kappa shape index (κ1) is 21.6. The molecule has 0 aromatic heterocycles. The standard InChI is InChI=1S/C17H23NO10/c1-7(19)18-17-12(6-24-8(2)20)14(25-9(3)21)15(26-10(4)22)13(17)16(28-17)27-11(5)23/h12-16H,6H2,1-5H3,(H,18,19)/t12?,13?,14-,15?,16-,17?/m1/s1. The molecule has 11 nitrogen and oxygen atoms in total. The Balaban J connectivity index is 2.49. The Morgan fingerprint density at radius 1 is 0.821 bits per heavy atom. The zero-order valence-electron chi connectivity index (χ0n) is 16.2. The van der Waals surface area contributed by atoms with Crippen molar-refractivity contribution in [2.75, 3.05) is 6.61 Å². The van der Waals surface area contributed by atoms with Gasteiger partial charge in [0.05, 0.1) is 5.92 Å². The summed E-state index contributed by atoms with van der Waals surface area (Å²) >= 11 is 0. The molecule has 1 saturated carbocycles. The Morgan fingerprint density at radius 2 is 1.36 bits per heavy atom. The lowest BCUT2D eigenvalue weighted by atomic mass is 9.85. The average Bonchev–Trinajstić information content (AvgIpc) is 2.66. The van der Waals surface area contributed by atoms with E-state index in [2.05, 4.69) is 5.32 Å². The van der Waals surface area contributed by atoms with E-state index in [9.17, 15) is 24.0 Å². The van der Waals surface area contributed by atoms with E-state index in [-0.39, 0.29) is 6.61 Å². The van der Waals surface area contributed by atoms with Gasteiger partial charge in [0.25, 0.3) is 0 Å². The van der Waals surface area contributed by atoms with Gasteiger partial charge in [-0.2, -0.15) is 0 Å². The van der Waals surface area contributed by atoms with E-state index in [1.807, 2.05) is 0 Å². The lowest BCUT2D eigenvalue weighted by Gasteiger charge is -2.52. The van der Waals surface area contributed by atoms with E-state index < -0.39 is 65.8 Å². The minimum absolute atomic E-state index is 0.297. The van der Waals surface area contributed by atoms with E-state index in [0.29, 0.717) is 0 Å². The summed E-state index contributed by atoms with van der Waals surface area (Å²) in [6.45, 7) is 5.60. The second kappa shape index (κ2) is 8.13. The van der Waals surface area contributed by atoms with E-state index in [1.54, 1.807) is 0 Å². The van der Waals surface area contributed by atoms with Crippen LogP contribution in [0.1, 0.15) is 34.6 Å². The topological polar surface area (TPSA) is 144 Å². The molecule has 0 bridgehead atoms. The fourth-order valence-electron chi connectivity index (χ4n) is 3.72. The predicted molar refractivity (Wildman–Crippen MR) is 87.9 cm³/mol. The van der Waals surface area contributed by atoms with Crippen molar-refractivity contribution in [3.05, 3.63) is 0 Å². The molecule has 6 atom stereocenters. The van der Waals surface area contributed by atoms with E-state index in [4.69, 9.17) is 23.7 Å². The van der Waals surface area contributed by atoms with Crippen LogP contribution in [0.4, 0.5) is 0 Å². The van der Waals surface area contributed by atoms with Crippen LogP contribution in [0.3, 0.4) is 0 Å². The molecule has 1 aliphatic carbocycles. The van der Waals surface area contributed by atoms with Crippen LogP contribution >= 0.6 is 0 Å². The molecule has 1 amide bonds. The Kier molecular flexibility index (Phi) is 6.27. The van der Waals surface area contributed by atoms with Crippen molar-refractivity contribution < 1.29 is 47.7 Å². The molecule has 156 valence electrons. The SMILES string of the molecule is CC(=O)NC12O[C@@H](OC(C)=O)C1C(OC(C)=O)[C@H](OC(C)=O)C2COC(C)=O. The Morgan fingerprint density at radius 3 is 1.82 bits per heavy atom. The molecule has 1 aliphatic heterocycles. The maximum atomic E-state index is 11.8. The van der Waals surface area contributed by atoms with Crippen LogP contribution in [0, 0.1) is 11.8 Å². The maximum Gasteiger partial charge on any atom is 0.304 e. The Labute approximate surface area is 160 Å². The fourth-order valence-corrected chi connectivity index (χ4v) is 3.72. The highest BCUT2D eigenvalue weighted by Crippen LogP contribution is 2.55. The van der Waals surface area contributed by atoms with Crippen LogP contribution in [0.5, 0.6) is 0 Å². The van der Waals surface area contributed by atoms with Crippen molar-refractivity contribution >= 4 is 29.8 Å². The van der Waals surface area contributed by atoms with Gasteiger partial charge in [-0.25, -0.2) is 0 Å². The first-order valence-corrected chi connectivity index (χ1v) is 8.59. The zero-order valence-corrected chi connectivity index (χ0v) is 16.2. The summed E-state index contributed by atoms with van der Waals surface area (Å²) in [4.78, 5) is 57.8. The highest BCUT2D eigenvalue weighted by molar-refractivity contribution is 5.74. The van der Waals surface area contributed by atoms with Crippen molar-refractivity contribution in [3.63, 3.8) is 0 Å². The third-order valence-corrected chi connectivity index (χ3v) is 4.45. The third kappa shape index (κ3) is 4.24. The average molecular weight is 401 g/mol. The number of esters is 4. The van der Waals surface area contributed by atoms with Gasteiger partial charge in [0.1, 0.15) is 18.6 Å². The smallest absolute Gasteiger partial charge is 0.304 e. The molecule has 2 aliphatic rings. The van der Waals surface area contributed by atoms with Crippen molar-refractivity contribution in [1.82, 2.24) is 5.32 Å². The molecule has 0 radical (unpaired) electrons. The van der Waals surface area contributed by atoms with Gasteiger partial charge in [-0.1, -0.05) is 0 Å². The molecule has 28 heavy (non-hydrogen) atoms. The van der Waals surface area contributed by atoms with Gasteiger partial charge in [-0.15, -0.1) is 0 Å². The van der Waals surface area contributed by atoms with Crippen molar-refractivity contribution in [1.29, 1.82) is 0 Å². The van der Waals surface area contributed by atoms with Crippen molar-refractivity contribution in [2.24, 2.45) is 11.8 Å². The van der Waals surface area contributed by atoms with Crippen LogP contribution in [0.15, 0.2) is 0 Å². The number of nitrogens with one attached hydrogen (secondary N) is 1. The van der Waals surface area contributed by atoms with Crippen LogP contribution < -0.4 is 5.32 Å². The van der Waals surface area contributed by atoms with E-state index >= 15 is 0 Å². The normalized spacial score (nSPS) is 33.0. The molecule has 4 unspecified atom stereocenters. The minimum Gasteiger partial charge on any atom is -0.465 e. The molecule has 2 rings (SSSR count). The molecule has 1 saturated heterocycles. The predicted octanol–water partition coefficient (Wildman–Crippen LogP) is -0.589. The van der Waals surface area contributed by atoms with E-state index in [0.717, 1.165) is 20.8 Å². The van der Waals surface area contributed by atoms with E-state index in [1.165, 1.54) is 13.8 Å². The molecule has 0 spiro atoms. The molecular weight excluding hydrogens is 378 g/mol. The second-order valence-electron chi connectivity index (χ2n) is 6.65. The monoisotopic (exact) mass is 401 g/mol.